The lowest BCUT2D eigenvalue weighted by atomic mass is 9.93. The zero-order valence-corrected chi connectivity index (χ0v) is 35.1. The van der Waals surface area contributed by atoms with Crippen LogP contribution in [0.5, 0.6) is 0 Å². The molecule has 0 unspecified atom stereocenters. The summed E-state index contributed by atoms with van der Waals surface area (Å²) in [7, 11) is 0. The summed E-state index contributed by atoms with van der Waals surface area (Å²) in [6.45, 7) is 0. The number of anilines is 3. The Morgan fingerprint density at radius 1 is 0.349 bits per heavy atom. The maximum atomic E-state index is 2.53. The van der Waals surface area contributed by atoms with E-state index < -0.39 is 0 Å². The quantitative estimate of drug-likeness (QED) is 0.152. The van der Waals surface area contributed by atoms with Crippen LogP contribution in [-0.2, 0) is 0 Å². The van der Waals surface area contributed by atoms with Crippen LogP contribution in [0.3, 0.4) is 0 Å². The van der Waals surface area contributed by atoms with Gasteiger partial charge in [0.15, 0.2) is 0 Å². The maximum Gasteiger partial charge on any atom is 0.0640 e. The fraction of sp³-hybridized carbons (Fsp3) is 0. The van der Waals surface area contributed by atoms with Crippen LogP contribution >= 0.6 is 11.3 Å². The minimum atomic E-state index is 1.10. The highest BCUT2D eigenvalue weighted by Gasteiger charge is 2.24. The van der Waals surface area contributed by atoms with Gasteiger partial charge in [0.25, 0.3) is 0 Å². The van der Waals surface area contributed by atoms with Gasteiger partial charge in [0, 0.05) is 53.4 Å². The van der Waals surface area contributed by atoms with Crippen LogP contribution < -0.4 is 4.90 Å². The summed E-state index contributed by atoms with van der Waals surface area (Å²) < 4.78 is 5.14. The van der Waals surface area contributed by atoms with E-state index in [1.807, 2.05) is 11.3 Å². The number of benzene rings is 11. The van der Waals surface area contributed by atoms with Gasteiger partial charge in [-0.1, -0.05) is 164 Å². The fourth-order valence-electron chi connectivity index (χ4n) is 10.1. The van der Waals surface area contributed by atoms with Gasteiger partial charge < -0.3 is 9.47 Å². The van der Waals surface area contributed by atoms with Crippen molar-refractivity contribution < 1.29 is 0 Å². The fourth-order valence-corrected chi connectivity index (χ4v) is 11.1. The SMILES string of the molecule is c1ccc(-c2ccc3c4c(N(c5ccccc5)c5ccc(-c6cc7ccccc7c7ccccc67)cc5)cc5ccccc5c4n(-c4ccc5sc6ccccc6c5c4)c3c2)cc1. The third-order valence-electron chi connectivity index (χ3n) is 12.9. The number of thiophene rings is 1. The first-order valence-electron chi connectivity index (χ1n) is 21.6. The van der Waals surface area contributed by atoms with Crippen molar-refractivity contribution >= 4 is 103 Å². The summed E-state index contributed by atoms with van der Waals surface area (Å²) in [6.07, 6.45) is 0. The molecule has 0 saturated carbocycles. The van der Waals surface area contributed by atoms with Gasteiger partial charge in [0.05, 0.1) is 16.7 Å². The first-order chi connectivity index (χ1) is 31.2. The molecule has 0 aliphatic rings. The van der Waals surface area contributed by atoms with E-state index in [4.69, 9.17) is 0 Å². The van der Waals surface area contributed by atoms with Crippen molar-refractivity contribution in [2.45, 2.75) is 0 Å². The molecule has 0 saturated heterocycles. The zero-order chi connectivity index (χ0) is 41.4. The summed E-state index contributed by atoms with van der Waals surface area (Å²) in [4.78, 5) is 2.46. The van der Waals surface area contributed by atoms with Gasteiger partial charge >= 0.3 is 0 Å². The second kappa shape index (κ2) is 14.3. The van der Waals surface area contributed by atoms with Crippen molar-refractivity contribution in [1.82, 2.24) is 4.57 Å². The molecule has 0 aliphatic heterocycles. The minimum Gasteiger partial charge on any atom is -0.310 e. The van der Waals surface area contributed by atoms with Gasteiger partial charge in [0.2, 0.25) is 0 Å². The van der Waals surface area contributed by atoms with Gasteiger partial charge in [-0.3, -0.25) is 0 Å². The van der Waals surface area contributed by atoms with Crippen molar-refractivity contribution in [3.8, 4) is 27.9 Å². The van der Waals surface area contributed by atoms with Crippen LogP contribution in [0.2, 0.25) is 0 Å². The summed E-state index contributed by atoms with van der Waals surface area (Å²) in [6, 6.07) is 84.9. The summed E-state index contributed by atoms with van der Waals surface area (Å²) in [5.41, 5.74) is 11.7. The second-order valence-corrected chi connectivity index (χ2v) is 17.5. The molecule has 0 bridgehead atoms. The average Bonchev–Trinajstić information content (AvgIpc) is 3.90. The highest BCUT2D eigenvalue weighted by Crippen LogP contribution is 2.48. The molecular formula is C60H38N2S. The lowest BCUT2D eigenvalue weighted by Gasteiger charge is -2.27. The molecule has 2 heterocycles. The molecule has 0 atom stereocenters. The number of hydrogen-bond donors (Lipinski definition) is 0. The third kappa shape index (κ3) is 5.71. The molecule has 2 aromatic heterocycles. The highest BCUT2D eigenvalue weighted by molar-refractivity contribution is 7.25. The average molecular weight is 819 g/mol. The molecule has 13 rings (SSSR count). The topological polar surface area (TPSA) is 8.17 Å². The largest absolute Gasteiger partial charge is 0.310 e. The van der Waals surface area contributed by atoms with Crippen molar-refractivity contribution in [3.05, 3.63) is 231 Å². The van der Waals surface area contributed by atoms with E-state index in [2.05, 4.69) is 240 Å². The Labute approximate surface area is 368 Å². The van der Waals surface area contributed by atoms with Gasteiger partial charge in [-0.05, 0) is 116 Å². The maximum absolute atomic E-state index is 2.53. The number of nitrogens with zero attached hydrogens (tertiary/aromatic N) is 2. The Bertz CT molecular complexity index is 3900. The highest BCUT2D eigenvalue weighted by atomic mass is 32.1. The normalized spacial score (nSPS) is 11.8. The first-order valence-corrected chi connectivity index (χ1v) is 22.4. The van der Waals surface area contributed by atoms with Crippen molar-refractivity contribution in [2.75, 3.05) is 4.90 Å². The van der Waals surface area contributed by atoms with Gasteiger partial charge in [-0.15, -0.1) is 11.3 Å². The monoisotopic (exact) mass is 818 g/mol. The predicted molar refractivity (Wildman–Crippen MR) is 272 cm³/mol. The lowest BCUT2D eigenvalue weighted by Crippen LogP contribution is -2.10. The van der Waals surface area contributed by atoms with Crippen LogP contribution in [0.1, 0.15) is 0 Å². The van der Waals surface area contributed by atoms with E-state index in [1.54, 1.807) is 0 Å². The molecule has 3 heteroatoms. The zero-order valence-electron chi connectivity index (χ0n) is 34.2. The van der Waals surface area contributed by atoms with Crippen molar-refractivity contribution in [2.24, 2.45) is 0 Å². The summed E-state index contributed by atoms with van der Waals surface area (Å²) in [5, 5.41) is 12.5. The molecule has 13 aromatic rings. The Kier molecular flexibility index (Phi) is 8.12. The third-order valence-corrected chi connectivity index (χ3v) is 14.1. The van der Waals surface area contributed by atoms with Crippen molar-refractivity contribution in [3.63, 3.8) is 0 Å². The number of rotatable bonds is 6. The summed E-state index contributed by atoms with van der Waals surface area (Å²) in [5.74, 6) is 0. The molecule has 0 amide bonds. The Morgan fingerprint density at radius 3 is 1.75 bits per heavy atom. The Morgan fingerprint density at radius 2 is 0.952 bits per heavy atom. The molecule has 0 aliphatic carbocycles. The van der Waals surface area contributed by atoms with E-state index in [0.717, 1.165) is 22.7 Å². The molecule has 0 fully saturated rings. The van der Waals surface area contributed by atoms with E-state index >= 15 is 0 Å². The summed E-state index contributed by atoms with van der Waals surface area (Å²) >= 11 is 1.86. The van der Waals surface area contributed by atoms with Gasteiger partial charge in [0.1, 0.15) is 0 Å². The predicted octanol–water partition coefficient (Wildman–Crippen LogP) is 17.4. The molecule has 2 nitrogen and oxygen atoms in total. The van der Waals surface area contributed by atoms with Gasteiger partial charge in [-0.2, -0.15) is 0 Å². The molecule has 0 radical (unpaired) electrons. The second-order valence-electron chi connectivity index (χ2n) is 16.5. The molecule has 294 valence electrons. The molecule has 0 N–H and O–H groups in total. The van der Waals surface area contributed by atoms with Crippen LogP contribution in [-0.4, -0.2) is 4.57 Å². The Hall–Kier alpha value is -7.98. The van der Waals surface area contributed by atoms with Crippen molar-refractivity contribution in [1.29, 1.82) is 0 Å². The van der Waals surface area contributed by atoms with Gasteiger partial charge in [-0.25, -0.2) is 0 Å². The minimum absolute atomic E-state index is 1.10. The van der Waals surface area contributed by atoms with E-state index in [9.17, 15) is 0 Å². The van der Waals surface area contributed by atoms with Crippen LogP contribution in [0.4, 0.5) is 17.1 Å². The van der Waals surface area contributed by atoms with E-state index in [-0.39, 0.29) is 0 Å². The van der Waals surface area contributed by atoms with Crippen LogP contribution in [0.25, 0.3) is 102 Å². The molecule has 11 aromatic carbocycles. The number of fused-ring (bicyclic) bond motifs is 11. The van der Waals surface area contributed by atoms with E-state index in [1.165, 1.54) is 96.5 Å². The molecule has 0 spiro atoms. The molecular weight excluding hydrogens is 781 g/mol. The number of para-hydroxylation sites is 1. The lowest BCUT2D eigenvalue weighted by molar-refractivity contribution is 1.19. The first kappa shape index (κ1) is 35.7. The van der Waals surface area contributed by atoms with E-state index in [0.29, 0.717) is 0 Å². The number of aromatic nitrogens is 1. The van der Waals surface area contributed by atoms with Crippen LogP contribution in [0, 0.1) is 0 Å². The molecule has 63 heavy (non-hydrogen) atoms. The van der Waals surface area contributed by atoms with Crippen LogP contribution in [0.15, 0.2) is 231 Å². The smallest absolute Gasteiger partial charge is 0.0640 e. The number of hydrogen-bond acceptors (Lipinski definition) is 2. The Balaban J connectivity index is 1.09. The standard InChI is InChI=1S/C60H38N2S/c1-3-15-39(16-4-1)41-29-33-52-55(36-41)62(46-32-34-58-54(38-46)51-25-13-14-26-57(51)63-58)60-48-22-10-8-18-43(48)37-56(59(52)60)61(44-19-5-2-6-20-44)45-30-27-40(28-31-45)53-35-42-17-7-9-21-47(42)49-23-11-12-24-50(49)53/h1-38H.